The predicted octanol–water partition coefficient (Wildman–Crippen LogP) is 3.71. The third-order valence-corrected chi connectivity index (χ3v) is 3.26. The minimum atomic E-state index is -4.45. The van der Waals surface area contributed by atoms with Crippen molar-refractivity contribution in [2.75, 3.05) is 12.4 Å². The molecule has 0 aromatic heterocycles. The number of anilines is 1. The Labute approximate surface area is 136 Å². The van der Waals surface area contributed by atoms with Crippen LogP contribution in [-0.4, -0.2) is 19.3 Å². The zero-order valence-corrected chi connectivity index (χ0v) is 12.7. The molecule has 0 heterocycles. The van der Waals surface area contributed by atoms with Gasteiger partial charge in [0.1, 0.15) is 5.75 Å². The smallest absolute Gasteiger partial charge is 0.416 e. The van der Waals surface area contributed by atoms with Gasteiger partial charge in [-0.3, -0.25) is 9.59 Å². The first kappa shape index (κ1) is 17.5. The largest absolute Gasteiger partial charge is 0.496 e. The summed E-state index contributed by atoms with van der Waals surface area (Å²) < 4.78 is 43.0. The lowest BCUT2D eigenvalue weighted by Gasteiger charge is -2.10. The predicted molar refractivity (Wildman–Crippen MR) is 82.2 cm³/mol. The highest BCUT2D eigenvalue weighted by molar-refractivity contribution is 5.93. The fourth-order valence-electron chi connectivity index (χ4n) is 2.13. The summed E-state index contributed by atoms with van der Waals surface area (Å²) in [4.78, 5) is 22.8. The maximum Gasteiger partial charge on any atom is 0.416 e. The molecule has 126 valence electrons. The van der Waals surface area contributed by atoms with Crippen molar-refractivity contribution in [1.29, 1.82) is 0 Å². The Morgan fingerprint density at radius 1 is 1.21 bits per heavy atom. The molecule has 0 aliphatic rings. The number of aldehydes is 1. The number of hydrogen-bond acceptors (Lipinski definition) is 3. The average Bonchev–Trinajstić information content (AvgIpc) is 2.54. The van der Waals surface area contributed by atoms with Gasteiger partial charge in [0.15, 0.2) is 6.29 Å². The molecule has 1 N–H and O–H groups in total. The van der Waals surface area contributed by atoms with Crippen LogP contribution in [-0.2, 0) is 17.4 Å². The molecule has 4 nitrogen and oxygen atoms in total. The van der Waals surface area contributed by atoms with Gasteiger partial charge in [0.2, 0.25) is 5.91 Å². The summed E-state index contributed by atoms with van der Waals surface area (Å²) in [6.07, 6.45) is -4.04. The lowest BCUT2D eigenvalue weighted by Crippen LogP contribution is -2.15. The quantitative estimate of drug-likeness (QED) is 0.846. The van der Waals surface area contributed by atoms with Gasteiger partial charge in [-0.15, -0.1) is 0 Å². The van der Waals surface area contributed by atoms with Gasteiger partial charge in [0.25, 0.3) is 0 Å². The van der Waals surface area contributed by atoms with Gasteiger partial charge in [0, 0.05) is 11.8 Å². The Hall–Kier alpha value is -2.83. The van der Waals surface area contributed by atoms with E-state index in [4.69, 9.17) is 4.74 Å². The molecule has 2 aromatic carbocycles. The summed E-state index contributed by atoms with van der Waals surface area (Å²) in [7, 11) is 1.39. The molecule has 0 atom stereocenters. The zero-order valence-electron chi connectivity index (χ0n) is 12.7. The highest BCUT2D eigenvalue weighted by Crippen LogP contribution is 2.29. The summed E-state index contributed by atoms with van der Waals surface area (Å²) in [5.74, 6) is -0.183. The van der Waals surface area contributed by atoms with E-state index in [1.165, 1.54) is 37.4 Å². The van der Waals surface area contributed by atoms with Crippen LogP contribution in [0.4, 0.5) is 18.9 Å². The summed E-state index contributed by atoms with van der Waals surface area (Å²) in [5.41, 5.74) is 0.159. The molecule has 7 heteroatoms. The number of amides is 1. The second-order valence-electron chi connectivity index (χ2n) is 5.00. The van der Waals surface area contributed by atoms with Crippen molar-refractivity contribution < 1.29 is 27.5 Å². The van der Waals surface area contributed by atoms with E-state index in [0.29, 0.717) is 23.3 Å². The molecule has 0 radical (unpaired) electrons. The molecule has 0 bridgehead atoms. The molecular weight excluding hydrogens is 323 g/mol. The number of methoxy groups -OCH3 is 1. The number of rotatable bonds is 5. The van der Waals surface area contributed by atoms with Crippen molar-refractivity contribution in [2.45, 2.75) is 12.6 Å². The number of benzene rings is 2. The van der Waals surface area contributed by atoms with Crippen LogP contribution in [0.2, 0.25) is 0 Å². The van der Waals surface area contributed by atoms with Crippen molar-refractivity contribution in [2.24, 2.45) is 0 Å². The lowest BCUT2D eigenvalue weighted by atomic mass is 10.1. The van der Waals surface area contributed by atoms with Gasteiger partial charge in [-0.1, -0.05) is 18.2 Å². The van der Waals surface area contributed by atoms with Crippen molar-refractivity contribution in [3.63, 3.8) is 0 Å². The van der Waals surface area contributed by atoms with Crippen molar-refractivity contribution in [3.05, 3.63) is 59.2 Å². The topological polar surface area (TPSA) is 55.4 Å². The monoisotopic (exact) mass is 337 g/mol. The highest BCUT2D eigenvalue weighted by Gasteiger charge is 2.30. The number of alkyl halides is 3. The Kier molecular flexibility index (Phi) is 5.23. The second-order valence-corrected chi connectivity index (χ2v) is 5.00. The molecule has 0 unspecified atom stereocenters. The van der Waals surface area contributed by atoms with Crippen LogP contribution in [0.1, 0.15) is 21.5 Å². The van der Waals surface area contributed by atoms with E-state index in [9.17, 15) is 22.8 Å². The van der Waals surface area contributed by atoms with Crippen LogP contribution in [0.15, 0.2) is 42.5 Å². The molecule has 2 rings (SSSR count). The number of nitrogens with one attached hydrogen (secondary N) is 1. The van der Waals surface area contributed by atoms with Crippen LogP contribution >= 0.6 is 0 Å². The molecule has 2 aromatic rings. The normalized spacial score (nSPS) is 11.0. The molecule has 24 heavy (non-hydrogen) atoms. The molecule has 0 spiro atoms. The van der Waals surface area contributed by atoms with Crippen LogP contribution in [0.3, 0.4) is 0 Å². The van der Waals surface area contributed by atoms with Gasteiger partial charge < -0.3 is 10.1 Å². The number of ether oxygens (including phenoxy) is 1. The van der Waals surface area contributed by atoms with E-state index in [1.807, 2.05) is 0 Å². The van der Waals surface area contributed by atoms with Crippen LogP contribution in [0.5, 0.6) is 5.75 Å². The zero-order chi connectivity index (χ0) is 17.7. The molecule has 0 fully saturated rings. The fraction of sp³-hybridized carbons (Fsp3) is 0.176. The number of carbonyl (C=O) groups is 2. The van der Waals surface area contributed by atoms with Gasteiger partial charge in [-0.2, -0.15) is 13.2 Å². The third-order valence-electron chi connectivity index (χ3n) is 3.26. The minimum Gasteiger partial charge on any atom is -0.496 e. The summed E-state index contributed by atoms with van der Waals surface area (Å²) in [6, 6.07) is 9.05. The summed E-state index contributed by atoms with van der Waals surface area (Å²) >= 11 is 0. The maximum atomic E-state index is 12.7. The molecule has 0 saturated heterocycles. The summed E-state index contributed by atoms with van der Waals surface area (Å²) in [5, 5.41) is 2.56. The van der Waals surface area contributed by atoms with Crippen LogP contribution < -0.4 is 10.1 Å². The van der Waals surface area contributed by atoms with E-state index < -0.39 is 17.6 Å². The summed E-state index contributed by atoms with van der Waals surface area (Å²) in [6.45, 7) is 0. The SMILES string of the molecule is COc1cc(NC(=O)Cc2cccc(C(F)(F)F)c2)ccc1C=O. The highest BCUT2D eigenvalue weighted by atomic mass is 19.4. The number of halogens is 3. The van der Waals surface area contributed by atoms with Crippen LogP contribution in [0, 0.1) is 0 Å². The first-order valence-electron chi connectivity index (χ1n) is 6.92. The Morgan fingerprint density at radius 2 is 1.96 bits per heavy atom. The number of carbonyl (C=O) groups excluding carboxylic acids is 2. The fourth-order valence-corrected chi connectivity index (χ4v) is 2.13. The first-order valence-corrected chi connectivity index (χ1v) is 6.92. The Balaban J connectivity index is 2.10. The van der Waals surface area contributed by atoms with Crippen molar-refractivity contribution in [1.82, 2.24) is 0 Å². The van der Waals surface area contributed by atoms with E-state index in [-0.39, 0.29) is 12.0 Å². The minimum absolute atomic E-state index is 0.207. The van der Waals surface area contributed by atoms with Gasteiger partial charge in [-0.25, -0.2) is 0 Å². The third kappa shape index (κ3) is 4.34. The lowest BCUT2D eigenvalue weighted by molar-refractivity contribution is -0.137. The van der Waals surface area contributed by atoms with E-state index in [2.05, 4.69) is 5.32 Å². The molecule has 0 saturated carbocycles. The van der Waals surface area contributed by atoms with Gasteiger partial charge in [-0.05, 0) is 23.8 Å². The average molecular weight is 337 g/mol. The Bertz CT molecular complexity index is 757. The molecule has 0 aliphatic carbocycles. The maximum absolute atomic E-state index is 12.7. The van der Waals surface area contributed by atoms with E-state index in [1.54, 1.807) is 0 Å². The van der Waals surface area contributed by atoms with E-state index in [0.717, 1.165) is 12.1 Å². The van der Waals surface area contributed by atoms with Crippen LogP contribution in [0.25, 0.3) is 0 Å². The van der Waals surface area contributed by atoms with Gasteiger partial charge >= 0.3 is 6.18 Å². The molecular formula is C17H14F3NO3. The molecule has 0 aliphatic heterocycles. The second kappa shape index (κ2) is 7.16. The van der Waals surface area contributed by atoms with E-state index >= 15 is 0 Å². The van der Waals surface area contributed by atoms with Crippen molar-refractivity contribution >= 4 is 17.9 Å². The number of hydrogen-bond donors (Lipinski definition) is 1. The van der Waals surface area contributed by atoms with Gasteiger partial charge in [0.05, 0.1) is 24.7 Å². The molecule has 1 amide bonds. The Morgan fingerprint density at radius 3 is 2.58 bits per heavy atom. The first-order chi connectivity index (χ1) is 11.3. The van der Waals surface area contributed by atoms with Crippen molar-refractivity contribution in [3.8, 4) is 5.75 Å². The standard InChI is InChI=1S/C17H14F3NO3/c1-24-15-9-14(6-5-12(15)10-22)21-16(23)8-11-3-2-4-13(7-11)17(18,19)20/h2-7,9-10H,8H2,1H3,(H,21,23).